The fourth-order valence-corrected chi connectivity index (χ4v) is 4.63. The summed E-state index contributed by atoms with van der Waals surface area (Å²) in [4.78, 5) is 2.19. The first-order valence-electron chi connectivity index (χ1n) is 7.12. The van der Waals surface area contributed by atoms with E-state index in [1.807, 2.05) is 0 Å². The van der Waals surface area contributed by atoms with Crippen molar-refractivity contribution in [2.45, 2.75) is 58.3 Å². The molecule has 0 rings (SSSR count). The molecule has 0 aromatic carbocycles. The number of halogens is 1. The molecule has 0 amide bonds. The average molecular weight is 556 g/mol. The van der Waals surface area contributed by atoms with Crippen LogP contribution in [0.4, 0.5) is 0 Å². The second kappa shape index (κ2) is 22.2. The second-order valence-electron chi connectivity index (χ2n) is 4.82. The normalized spacial score (nSPS) is 11.6. The Balaban J connectivity index is -0.000000249. The molecule has 122 valence electrons. The van der Waals surface area contributed by atoms with E-state index in [0.717, 1.165) is 5.32 Å². The van der Waals surface area contributed by atoms with Crippen molar-refractivity contribution in [1.29, 1.82) is 0 Å². The zero-order valence-corrected chi connectivity index (χ0v) is 19.2. The molecule has 0 unspecified atom stereocenters. The van der Waals surface area contributed by atoms with E-state index in [0.29, 0.717) is 14.0 Å². The van der Waals surface area contributed by atoms with Gasteiger partial charge in [-0.3, -0.25) is 0 Å². The molecule has 0 aromatic heterocycles. The summed E-state index contributed by atoms with van der Waals surface area (Å²) in [6.45, 7) is 9.11. The maximum absolute atomic E-state index is 4.61. The van der Waals surface area contributed by atoms with Gasteiger partial charge in [0.05, 0.1) is 0 Å². The van der Waals surface area contributed by atoms with Crippen LogP contribution in [0.2, 0.25) is 5.32 Å². The van der Waals surface area contributed by atoms with Crippen molar-refractivity contribution in [1.82, 2.24) is 4.90 Å². The molecular formula is C14H33ClNPPtSe. The Morgan fingerprint density at radius 3 is 1.42 bits per heavy atom. The first-order valence-corrected chi connectivity index (χ1v) is 13.0. The summed E-state index contributed by atoms with van der Waals surface area (Å²) in [6.07, 6.45) is 8.72. The second-order valence-corrected chi connectivity index (χ2v) is 8.20. The fourth-order valence-electron chi connectivity index (χ4n) is 1.43. The molecule has 0 fully saturated rings. The molecular weight excluding hydrogens is 523 g/mol. The Labute approximate surface area is 147 Å². The van der Waals surface area contributed by atoms with E-state index in [4.69, 9.17) is 0 Å². The van der Waals surface area contributed by atoms with Crippen LogP contribution in [0.5, 0.6) is 0 Å². The molecule has 0 heterocycles. The molecule has 0 aromatic rings. The van der Waals surface area contributed by atoms with Gasteiger partial charge in [-0.05, 0) is 18.5 Å². The molecule has 0 aliphatic heterocycles. The average Bonchev–Trinajstić information content (AvgIpc) is 2.41. The molecule has 5 heteroatoms. The summed E-state index contributed by atoms with van der Waals surface area (Å²) in [7, 11) is 9.22. The van der Waals surface area contributed by atoms with E-state index >= 15 is 0 Å². The van der Waals surface area contributed by atoms with Crippen LogP contribution in [0.1, 0.15) is 47.0 Å². The van der Waals surface area contributed by atoms with Gasteiger partial charge in [-0.25, -0.2) is 0 Å². The molecule has 0 saturated carbocycles. The zero-order valence-electron chi connectivity index (χ0n) is 13.5. The first-order chi connectivity index (χ1) is 9.03. The van der Waals surface area contributed by atoms with Crippen LogP contribution < -0.4 is 0 Å². The van der Waals surface area contributed by atoms with E-state index in [1.54, 1.807) is 18.8 Å². The number of nitrogens with zero attached hydrogens (tertiary/aromatic N) is 1. The van der Waals surface area contributed by atoms with Gasteiger partial charge in [0.2, 0.25) is 0 Å². The van der Waals surface area contributed by atoms with Crippen molar-refractivity contribution >= 4 is 33.4 Å². The minimum absolute atomic E-state index is 0.439. The van der Waals surface area contributed by atoms with Gasteiger partial charge in [0.25, 0.3) is 0 Å². The minimum atomic E-state index is 0.439. The van der Waals surface area contributed by atoms with Crippen LogP contribution in [0.15, 0.2) is 0 Å². The predicted octanol–water partition coefficient (Wildman–Crippen LogP) is 4.91. The van der Waals surface area contributed by atoms with E-state index in [-0.39, 0.29) is 0 Å². The van der Waals surface area contributed by atoms with E-state index < -0.39 is 0 Å². The van der Waals surface area contributed by atoms with Crippen LogP contribution >= 0.6 is 17.3 Å². The summed E-state index contributed by atoms with van der Waals surface area (Å²) in [5, 5.41) is 1.12. The molecule has 0 spiro atoms. The van der Waals surface area contributed by atoms with Crippen LogP contribution in [0.3, 0.4) is 0 Å². The van der Waals surface area contributed by atoms with Crippen LogP contribution in [0, 0.1) is 0 Å². The van der Waals surface area contributed by atoms with Crippen molar-refractivity contribution < 1.29 is 18.8 Å². The molecule has 1 atom stereocenters. The molecule has 0 aliphatic carbocycles. The van der Waals surface area contributed by atoms with E-state index in [1.165, 1.54) is 37.7 Å². The van der Waals surface area contributed by atoms with Gasteiger partial charge in [0.1, 0.15) is 0 Å². The van der Waals surface area contributed by atoms with Crippen molar-refractivity contribution in [3.63, 3.8) is 0 Å². The van der Waals surface area contributed by atoms with E-state index in [9.17, 15) is 0 Å². The third kappa shape index (κ3) is 22.3. The van der Waals surface area contributed by atoms with Crippen molar-refractivity contribution in [2.75, 3.05) is 32.6 Å². The quantitative estimate of drug-likeness (QED) is 0.304. The van der Waals surface area contributed by atoms with Crippen LogP contribution in [-0.2, 0) is 18.8 Å². The number of hydrogen-bond donors (Lipinski definition) is 0. The number of hydrogen-bond acceptors (Lipinski definition) is 1. The summed E-state index contributed by atoms with van der Waals surface area (Å²) < 4.78 is 0. The molecule has 0 saturated heterocycles. The van der Waals surface area contributed by atoms with Crippen molar-refractivity contribution in [2.24, 2.45) is 0 Å². The van der Waals surface area contributed by atoms with Gasteiger partial charge < -0.3 is 0 Å². The van der Waals surface area contributed by atoms with Gasteiger partial charge in [-0.2, -0.15) is 0 Å². The predicted molar refractivity (Wildman–Crippen MR) is 92.0 cm³/mol. The first kappa shape index (κ1) is 25.8. The third-order valence-electron chi connectivity index (χ3n) is 2.74. The molecule has 0 aliphatic rings. The summed E-state index contributed by atoms with van der Waals surface area (Å²) in [5.41, 5.74) is 0. The van der Waals surface area contributed by atoms with Gasteiger partial charge >= 0.3 is 81.5 Å². The number of rotatable bonds is 8. The fraction of sp³-hybridized carbons (Fsp3) is 1.00. The van der Waals surface area contributed by atoms with Gasteiger partial charge in [-0.15, -0.1) is 7.92 Å². The Morgan fingerprint density at radius 1 is 1.00 bits per heavy atom. The molecule has 19 heavy (non-hydrogen) atoms. The Hall–Kier alpha value is 1.89. The monoisotopic (exact) mass is 556 g/mol. The van der Waals surface area contributed by atoms with Crippen molar-refractivity contribution in [3.8, 4) is 0 Å². The molecule has 1 radical (unpaired) electrons. The Morgan fingerprint density at radius 2 is 1.32 bits per heavy atom. The summed E-state index contributed by atoms with van der Waals surface area (Å²) in [5.74, 6) is 0. The van der Waals surface area contributed by atoms with Crippen LogP contribution in [0.25, 0.3) is 0 Å². The SMILES string of the molecule is CCCP(CCC)CCC.C[C@@H](C[Se])N(C)C.[Cl][Pt]. The van der Waals surface area contributed by atoms with Crippen molar-refractivity contribution in [3.05, 3.63) is 0 Å². The molecule has 0 bridgehead atoms. The van der Waals surface area contributed by atoms with Gasteiger partial charge in [0, 0.05) is 0 Å². The van der Waals surface area contributed by atoms with Gasteiger partial charge in [-0.1, -0.05) is 40.0 Å². The zero-order chi connectivity index (χ0) is 15.7. The topological polar surface area (TPSA) is 3.24 Å². The maximum atomic E-state index is 4.61. The standard InChI is InChI=1S/C9H21P.C5H12NSe.ClH.Pt/c1-4-7-10(8-5-2)9-6-3;1-5(4-7)6(2)3;;/h4-9H2,1-3H3;5H,4H2,1-3H3;1H;/q;;;+1/p-1/t;5-;;/m.0../s1. The third-order valence-corrected chi connectivity index (χ3v) is 6.99. The van der Waals surface area contributed by atoms with Gasteiger partial charge in [0.15, 0.2) is 0 Å². The molecule has 1 nitrogen and oxygen atoms in total. The Kier molecular flexibility index (Phi) is 30.1. The summed E-state index contributed by atoms with van der Waals surface area (Å²) in [6, 6.07) is 0.681. The van der Waals surface area contributed by atoms with E-state index in [2.05, 4.69) is 72.1 Å². The summed E-state index contributed by atoms with van der Waals surface area (Å²) >= 11 is 4.59. The molecule has 0 N–H and O–H groups in total. The Bertz CT molecular complexity index is 139. The van der Waals surface area contributed by atoms with Crippen LogP contribution in [-0.4, -0.2) is 59.5 Å².